The van der Waals surface area contributed by atoms with Crippen molar-refractivity contribution < 1.29 is 4.79 Å². The van der Waals surface area contributed by atoms with Gasteiger partial charge in [-0.1, -0.05) is 12.1 Å². The van der Waals surface area contributed by atoms with Crippen molar-refractivity contribution in [3.8, 4) is 0 Å². The number of nitrogens with zero attached hydrogens (tertiary/aromatic N) is 3. The van der Waals surface area contributed by atoms with Crippen LogP contribution in [0.4, 0.5) is 5.69 Å². The van der Waals surface area contributed by atoms with Gasteiger partial charge in [0.05, 0.1) is 11.0 Å². The number of hydrogen-bond acceptors (Lipinski definition) is 3. The Morgan fingerprint density at radius 2 is 2.04 bits per heavy atom. The van der Waals surface area contributed by atoms with Crippen molar-refractivity contribution in [2.75, 3.05) is 5.32 Å². The fraction of sp³-hybridized carbons (Fsp3) is 0.550. The fourth-order valence-corrected chi connectivity index (χ4v) is 6.33. The molecule has 1 heterocycles. The quantitative estimate of drug-likeness (QED) is 0.881. The predicted octanol–water partition coefficient (Wildman–Crippen LogP) is 4.17. The minimum Gasteiger partial charge on any atom is -0.326 e. The lowest BCUT2D eigenvalue weighted by molar-refractivity contribution is -0.150. The zero-order chi connectivity index (χ0) is 17.9. The molecule has 5 nitrogen and oxygen atoms in total. The summed E-state index contributed by atoms with van der Waals surface area (Å²) in [5.41, 5.74) is 1.64. The topological polar surface area (TPSA) is 59.8 Å². The summed E-state index contributed by atoms with van der Waals surface area (Å²) in [4.78, 5) is 17.5. The third-order valence-corrected chi connectivity index (χ3v) is 6.91. The number of amides is 1. The molecule has 6 rings (SSSR count). The van der Waals surface area contributed by atoms with Crippen LogP contribution in [0.1, 0.15) is 44.1 Å². The van der Waals surface area contributed by atoms with Gasteiger partial charge >= 0.3 is 0 Å². The van der Waals surface area contributed by atoms with Crippen LogP contribution >= 0.6 is 11.6 Å². The van der Waals surface area contributed by atoms with Crippen LogP contribution in [0.2, 0.25) is 5.28 Å². The van der Waals surface area contributed by atoms with E-state index in [1.54, 1.807) is 6.33 Å². The molecule has 2 unspecified atom stereocenters. The number of aromatic nitrogens is 3. The number of benzene rings is 1. The maximum absolute atomic E-state index is 13.4. The largest absolute Gasteiger partial charge is 0.326 e. The van der Waals surface area contributed by atoms with E-state index in [2.05, 4.69) is 15.4 Å². The fourth-order valence-electron chi connectivity index (χ4n) is 6.21. The summed E-state index contributed by atoms with van der Waals surface area (Å²) in [6.07, 6.45) is 7.98. The molecule has 2 aromatic rings. The molecule has 4 fully saturated rings. The second-order valence-corrected chi connectivity index (χ2v) is 9.09. The first-order valence-corrected chi connectivity index (χ1v) is 9.80. The van der Waals surface area contributed by atoms with Crippen molar-refractivity contribution in [1.29, 1.82) is 0 Å². The van der Waals surface area contributed by atoms with Crippen molar-refractivity contribution in [2.45, 2.75) is 51.0 Å². The Balaban J connectivity index is 1.47. The highest BCUT2D eigenvalue weighted by molar-refractivity contribution is 6.28. The van der Waals surface area contributed by atoms with Gasteiger partial charge in [0.2, 0.25) is 11.2 Å². The van der Waals surface area contributed by atoms with Gasteiger partial charge in [-0.25, -0.2) is 9.67 Å². The molecule has 4 saturated carbocycles. The number of carbonyl (C=O) groups excluding carboxylic acids is 1. The third-order valence-electron chi connectivity index (χ3n) is 6.74. The summed E-state index contributed by atoms with van der Waals surface area (Å²) in [5, 5.41) is 7.92. The zero-order valence-corrected chi connectivity index (χ0v) is 15.7. The van der Waals surface area contributed by atoms with Crippen molar-refractivity contribution in [2.24, 2.45) is 17.3 Å². The van der Waals surface area contributed by atoms with Crippen LogP contribution in [0.5, 0.6) is 0 Å². The van der Waals surface area contributed by atoms with E-state index in [1.807, 2.05) is 35.9 Å². The Morgan fingerprint density at radius 3 is 2.69 bits per heavy atom. The summed E-state index contributed by atoms with van der Waals surface area (Å²) < 4.78 is 1.96. The minimum atomic E-state index is -0.299. The van der Waals surface area contributed by atoms with Crippen molar-refractivity contribution >= 4 is 23.2 Å². The van der Waals surface area contributed by atoms with E-state index in [0.717, 1.165) is 43.4 Å². The van der Waals surface area contributed by atoms with Gasteiger partial charge in [-0.3, -0.25) is 4.79 Å². The molecule has 136 valence electrons. The molecule has 26 heavy (non-hydrogen) atoms. The average molecular weight is 371 g/mol. The predicted molar refractivity (Wildman–Crippen MR) is 99.9 cm³/mol. The van der Waals surface area contributed by atoms with Gasteiger partial charge in [-0.2, -0.15) is 0 Å². The zero-order valence-electron chi connectivity index (χ0n) is 14.9. The van der Waals surface area contributed by atoms with Crippen LogP contribution < -0.4 is 5.32 Å². The number of anilines is 1. The van der Waals surface area contributed by atoms with Crippen LogP contribution in [0.25, 0.3) is 0 Å². The molecule has 1 N–H and O–H groups in total. The maximum atomic E-state index is 13.4. The Bertz CT molecular complexity index is 862. The Kier molecular flexibility index (Phi) is 3.48. The summed E-state index contributed by atoms with van der Waals surface area (Å²) in [7, 11) is 0. The maximum Gasteiger partial charge on any atom is 0.242 e. The lowest BCUT2D eigenvalue weighted by Gasteiger charge is -2.60. The van der Waals surface area contributed by atoms with Crippen LogP contribution in [0.15, 0.2) is 30.6 Å². The van der Waals surface area contributed by atoms with Crippen LogP contribution in [0.3, 0.4) is 0 Å². The molecular formula is C20H23ClN4O. The third kappa shape index (κ3) is 2.48. The van der Waals surface area contributed by atoms with Gasteiger partial charge in [0.1, 0.15) is 6.33 Å². The van der Waals surface area contributed by atoms with Crippen LogP contribution in [0, 0.1) is 24.2 Å². The normalized spacial score (nSPS) is 34.8. The molecule has 0 spiro atoms. The van der Waals surface area contributed by atoms with E-state index in [9.17, 15) is 4.79 Å². The minimum absolute atomic E-state index is 0.103. The van der Waals surface area contributed by atoms with Crippen LogP contribution in [-0.4, -0.2) is 20.7 Å². The van der Waals surface area contributed by atoms with Gasteiger partial charge in [-0.05, 0) is 86.6 Å². The first-order chi connectivity index (χ1) is 12.5. The molecule has 0 saturated heterocycles. The van der Waals surface area contributed by atoms with E-state index in [-0.39, 0.29) is 16.9 Å². The van der Waals surface area contributed by atoms with E-state index in [4.69, 9.17) is 11.6 Å². The molecule has 0 radical (unpaired) electrons. The van der Waals surface area contributed by atoms with Crippen molar-refractivity contribution in [1.82, 2.24) is 14.8 Å². The monoisotopic (exact) mass is 370 g/mol. The lowest BCUT2D eigenvalue weighted by atomic mass is 9.46. The number of rotatable bonds is 3. The summed E-state index contributed by atoms with van der Waals surface area (Å²) in [6.45, 7) is 2.05. The van der Waals surface area contributed by atoms with Gasteiger partial charge in [-0.15, -0.1) is 5.10 Å². The average Bonchev–Trinajstić information content (AvgIpc) is 3.01. The van der Waals surface area contributed by atoms with Crippen molar-refractivity contribution in [3.05, 3.63) is 41.4 Å². The number of halogens is 1. The highest BCUT2D eigenvalue weighted by atomic mass is 35.5. The molecule has 2 atom stereocenters. The number of carbonyl (C=O) groups is 1. The van der Waals surface area contributed by atoms with E-state index >= 15 is 0 Å². The van der Waals surface area contributed by atoms with Gasteiger partial charge in [0, 0.05) is 5.69 Å². The van der Waals surface area contributed by atoms with E-state index < -0.39 is 0 Å². The van der Waals surface area contributed by atoms with Gasteiger partial charge in [0.25, 0.3) is 0 Å². The molecule has 6 heteroatoms. The lowest BCUT2D eigenvalue weighted by Crippen LogP contribution is -2.60. The summed E-state index contributed by atoms with van der Waals surface area (Å²) in [5.74, 6) is 1.35. The smallest absolute Gasteiger partial charge is 0.242 e. The van der Waals surface area contributed by atoms with Gasteiger partial charge < -0.3 is 5.32 Å². The first kappa shape index (κ1) is 16.3. The Morgan fingerprint density at radius 1 is 1.27 bits per heavy atom. The number of nitrogens with one attached hydrogen (secondary N) is 1. The van der Waals surface area contributed by atoms with Crippen LogP contribution in [-0.2, 0) is 10.3 Å². The molecule has 4 aliphatic rings. The summed E-state index contributed by atoms with van der Waals surface area (Å²) in [6, 6.07) is 8.04. The highest BCUT2D eigenvalue weighted by Crippen LogP contribution is 2.64. The molecular weight excluding hydrogens is 348 g/mol. The van der Waals surface area contributed by atoms with Crippen molar-refractivity contribution in [3.63, 3.8) is 0 Å². The molecule has 1 aromatic heterocycles. The molecule has 1 amide bonds. The first-order valence-electron chi connectivity index (χ1n) is 9.42. The standard InChI is InChI=1S/C20H23ClN4O/c1-13-3-2-4-16(5-13)23-17(26)19-7-14-6-15(8-19)10-20(9-14,11-19)25-12-22-18(21)24-25/h2-5,12,14-15H,6-11H2,1H3,(H,23,26). The van der Waals surface area contributed by atoms with E-state index in [0.29, 0.717) is 17.1 Å². The second-order valence-electron chi connectivity index (χ2n) is 8.75. The van der Waals surface area contributed by atoms with E-state index in [1.165, 1.54) is 6.42 Å². The Labute approximate surface area is 158 Å². The molecule has 0 aliphatic heterocycles. The second kappa shape index (κ2) is 5.56. The highest BCUT2D eigenvalue weighted by Gasteiger charge is 2.61. The SMILES string of the molecule is Cc1cccc(NC(=O)C23CC4CC(C2)CC(n2cnc(Cl)n2)(C4)C3)c1. The molecule has 4 aliphatic carbocycles. The number of aryl methyl sites for hydroxylation is 1. The van der Waals surface area contributed by atoms with Gasteiger partial charge in [0.15, 0.2) is 0 Å². The summed E-state index contributed by atoms with van der Waals surface area (Å²) >= 11 is 6.00. The number of hydrogen-bond donors (Lipinski definition) is 1. The Hall–Kier alpha value is -1.88. The molecule has 1 aromatic carbocycles. The molecule has 4 bridgehead atoms.